The quantitative estimate of drug-likeness (QED) is 0.461. The van der Waals surface area contributed by atoms with Crippen LogP contribution >= 0.6 is 23.1 Å². The Morgan fingerprint density at radius 2 is 1.77 bits per heavy atom. The lowest BCUT2D eigenvalue weighted by Gasteiger charge is -2.55. The summed E-state index contributed by atoms with van der Waals surface area (Å²) in [6, 6.07) is 4.17. The van der Waals surface area contributed by atoms with Crippen LogP contribution in [0.3, 0.4) is 0 Å². The van der Waals surface area contributed by atoms with Gasteiger partial charge in [0.2, 0.25) is 11.8 Å². The summed E-state index contributed by atoms with van der Waals surface area (Å²) in [4.78, 5) is 26.0. The Balaban J connectivity index is 1.14. The highest BCUT2D eigenvalue weighted by molar-refractivity contribution is 7.99. The number of nitrogens with one attached hydrogen (secondary N) is 2. The molecule has 2 heterocycles. The van der Waals surface area contributed by atoms with Gasteiger partial charge in [0.15, 0.2) is 11.0 Å². The number of aromatic nitrogens is 3. The summed E-state index contributed by atoms with van der Waals surface area (Å²) in [6.45, 7) is 0.423. The van der Waals surface area contributed by atoms with Crippen molar-refractivity contribution in [2.75, 3.05) is 11.1 Å². The van der Waals surface area contributed by atoms with Gasteiger partial charge in [0.25, 0.3) is 0 Å². The fraction of sp³-hybridized carbons (Fsp3) is 0.692. The molecule has 0 radical (unpaired) electrons. The van der Waals surface area contributed by atoms with E-state index in [4.69, 9.17) is 0 Å². The van der Waals surface area contributed by atoms with Crippen molar-refractivity contribution >= 4 is 39.9 Å². The van der Waals surface area contributed by atoms with Crippen molar-refractivity contribution < 1.29 is 9.59 Å². The smallest absolute Gasteiger partial charge is 0.235 e. The molecule has 35 heavy (non-hydrogen) atoms. The molecular formula is C26H35N5O2S2. The van der Waals surface area contributed by atoms with E-state index >= 15 is 0 Å². The Bertz CT molecular complexity index is 1020. The van der Waals surface area contributed by atoms with Crippen LogP contribution in [0.5, 0.6) is 0 Å². The van der Waals surface area contributed by atoms with Crippen molar-refractivity contribution in [2.24, 2.45) is 23.2 Å². The Labute approximate surface area is 215 Å². The number of amides is 2. The van der Waals surface area contributed by atoms with Crippen LogP contribution < -0.4 is 10.6 Å². The minimum Gasteiger partial charge on any atom is -0.348 e. The molecule has 2 aromatic heterocycles. The zero-order valence-corrected chi connectivity index (χ0v) is 21.8. The standard InChI is InChI=1S/C26H35N5O2S2/c32-22(28-23-7-4-8-34-23)16-35-25-30-29-21(31(25)20-5-2-1-3-6-20)15-27-24(33)26-12-17-9-18(13-26)11-19(10-17)14-26/h4,7-8,17-20H,1-3,5-6,9-16H2,(H,27,33)(H,28,32). The minimum atomic E-state index is -0.151. The molecule has 0 atom stereocenters. The molecule has 0 aliphatic heterocycles. The molecule has 5 aliphatic carbocycles. The van der Waals surface area contributed by atoms with Crippen LogP contribution in [0.25, 0.3) is 0 Å². The largest absolute Gasteiger partial charge is 0.348 e. The number of rotatable bonds is 8. The highest BCUT2D eigenvalue weighted by atomic mass is 32.2. The summed E-state index contributed by atoms with van der Waals surface area (Å²) in [5, 5.41) is 18.8. The van der Waals surface area contributed by atoms with Crippen molar-refractivity contribution in [3.05, 3.63) is 23.3 Å². The van der Waals surface area contributed by atoms with Crippen molar-refractivity contribution in [3.63, 3.8) is 0 Å². The van der Waals surface area contributed by atoms with Gasteiger partial charge in [-0.2, -0.15) is 0 Å². The number of thiophene rings is 1. The molecule has 5 fully saturated rings. The summed E-state index contributed by atoms with van der Waals surface area (Å²) in [5.41, 5.74) is -0.151. The van der Waals surface area contributed by atoms with Crippen LogP contribution in [-0.4, -0.2) is 32.3 Å². The normalized spacial score (nSPS) is 29.9. The van der Waals surface area contributed by atoms with Crippen molar-refractivity contribution in [1.82, 2.24) is 20.1 Å². The van der Waals surface area contributed by atoms with Gasteiger partial charge in [0, 0.05) is 11.5 Å². The molecule has 2 N–H and O–H groups in total. The van der Waals surface area contributed by atoms with Gasteiger partial charge in [0.1, 0.15) is 0 Å². The summed E-state index contributed by atoms with van der Waals surface area (Å²) >= 11 is 2.96. The van der Waals surface area contributed by atoms with Crippen LogP contribution in [-0.2, 0) is 16.1 Å². The van der Waals surface area contributed by atoms with Gasteiger partial charge in [-0.3, -0.25) is 9.59 Å². The van der Waals surface area contributed by atoms with Gasteiger partial charge in [0.05, 0.1) is 17.3 Å². The molecule has 4 bridgehead atoms. The summed E-state index contributed by atoms with van der Waals surface area (Å²) < 4.78 is 2.22. The molecule has 5 aliphatic rings. The van der Waals surface area contributed by atoms with Crippen molar-refractivity contribution in [3.8, 4) is 0 Å². The summed E-state index contributed by atoms with van der Waals surface area (Å²) in [5.74, 6) is 3.58. The molecule has 5 saturated carbocycles. The van der Waals surface area contributed by atoms with E-state index < -0.39 is 0 Å². The lowest BCUT2D eigenvalue weighted by Crippen LogP contribution is -2.53. The highest BCUT2D eigenvalue weighted by Gasteiger charge is 2.54. The average molecular weight is 514 g/mol. The van der Waals surface area contributed by atoms with Gasteiger partial charge in [-0.05, 0) is 86.6 Å². The Morgan fingerprint density at radius 3 is 2.43 bits per heavy atom. The van der Waals surface area contributed by atoms with Crippen LogP contribution in [0.4, 0.5) is 5.00 Å². The molecule has 0 unspecified atom stereocenters. The maximum atomic E-state index is 13.5. The van der Waals surface area contributed by atoms with E-state index in [9.17, 15) is 9.59 Å². The van der Waals surface area contributed by atoms with E-state index in [1.54, 1.807) is 0 Å². The first-order valence-corrected chi connectivity index (χ1v) is 15.1. The lowest BCUT2D eigenvalue weighted by atomic mass is 9.49. The predicted octanol–water partition coefficient (Wildman–Crippen LogP) is 5.41. The molecule has 0 spiro atoms. The molecule has 188 valence electrons. The maximum Gasteiger partial charge on any atom is 0.235 e. The number of hydrogen-bond donors (Lipinski definition) is 2. The topological polar surface area (TPSA) is 88.9 Å². The zero-order valence-electron chi connectivity index (χ0n) is 20.2. The molecule has 0 saturated heterocycles. The van der Waals surface area contributed by atoms with Crippen molar-refractivity contribution in [1.29, 1.82) is 0 Å². The average Bonchev–Trinajstić information content (AvgIpc) is 3.50. The van der Waals surface area contributed by atoms with Gasteiger partial charge < -0.3 is 15.2 Å². The number of carbonyl (C=O) groups is 2. The maximum absolute atomic E-state index is 13.5. The van der Waals surface area contributed by atoms with E-state index in [2.05, 4.69) is 25.4 Å². The summed E-state index contributed by atoms with van der Waals surface area (Å²) in [7, 11) is 0. The number of nitrogens with zero attached hydrogens (tertiary/aromatic N) is 3. The Morgan fingerprint density at radius 1 is 1.06 bits per heavy atom. The van der Waals surface area contributed by atoms with Gasteiger partial charge >= 0.3 is 0 Å². The predicted molar refractivity (Wildman–Crippen MR) is 138 cm³/mol. The van der Waals surface area contributed by atoms with Gasteiger partial charge in [-0.15, -0.1) is 21.5 Å². The van der Waals surface area contributed by atoms with Crippen LogP contribution in [0.15, 0.2) is 22.7 Å². The number of hydrogen-bond acceptors (Lipinski definition) is 6. The third-order valence-electron chi connectivity index (χ3n) is 8.72. The van der Waals surface area contributed by atoms with Crippen molar-refractivity contribution in [2.45, 2.75) is 88.4 Å². The Kier molecular flexibility index (Phi) is 6.64. The number of carbonyl (C=O) groups excluding carboxylic acids is 2. The van der Waals surface area contributed by atoms with E-state index in [0.717, 1.165) is 65.8 Å². The van der Waals surface area contributed by atoms with E-state index in [1.807, 2.05) is 17.5 Å². The van der Waals surface area contributed by atoms with Crippen LogP contribution in [0, 0.1) is 23.2 Å². The van der Waals surface area contributed by atoms with Crippen LogP contribution in [0.2, 0.25) is 0 Å². The monoisotopic (exact) mass is 513 g/mol. The Hall–Kier alpha value is -1.87. The van der Waals surface area contributed by atoms with Gasteiger partial charge in [-0.25, -0.2) is 0 Å². The lowest BCUT2D eigenvalue weighted by molar-refractivity contribution is -0.146. The van der Waals surface area contributed by atoms with Crippen LogP contribution in [0.1, 0.15) is 82.5 Å². The molecule has 2 aromatic rings. The SMILES string of the molecule is O=C(CSc1nnc(CNC(=O)C23CC4CC(CC(C4)C2)C3)n1C1CCCCC1)Nc1cccs1. The van der Waals surface area contributed by atoms with Gasteiger partial charge in [-0.1, -0.05) is 31.0 Å². The van der Waals surface area contributed by atoms with E-state index in [-0.39, 0.29) is 17.2 Å². The van der Waals surface area contributed by atoms with E-state index in [0.29, 0.717) is 18.3 Å². The molecule has 0 aromatic carbocycles. The molecule has 7 rings (SSSR count). The number of anilines is 1. The second-order valence-electron chi connectivity index (χ2n) is 11.3. The first kappa shape index (κ1) is 23.5. The first-order chi connectivity index (χ1) is 17.1. The third kappa shape index (κ3) is 4.90. The first-order valence-electron chi connectivity index (χ1n) is 13.3. The minimum absolute atomic E-state index is 0.0349. The fourth-order valence-corrected chi connectivity index (χ4v) is 9.08. The second kappa shape index (κ2) is 9.88. The summed E-state index contributed by atoms with van der Waals surface area (Å²) in [6.07, 6.45) is 13.1. The fourth-order valence-electron chi connectivity index (χ4n) is 7.62. The molecule has 2 amide bonds. The second-order valence-corrected chi connectivity index (χ2v) is 13.1. The number of thioether (sulfide) groups is 1. The zero-order chi connectivity index (χ0) is 23.8. The molecule has 7 nitrogen and oxygen atoms in total. The molecular weight excluding hydrogens is 478 g/mol. The molecule has 9 heteroatoms. The van der Waals surface area contributed by atoms with E-state index in [1.165, 1.54) is 61.6 Å². The third-order valence-corrected chi connectivity index (χ3v) is 10.4. The highest BCUT2D eigenvalue weighted by Crippen LogP contribution is 2.60.